The van der Waals surface area contributed by atoms with Gasteiger partial charge in [-0.3, -0.25) is 9.59 Å². The predicted molar refractivity (Wildman–Crippen MR) is 105 cm³/mol. The van der Waals surface area contributed by atoms with Crippen molar-refractivity contribution in [2.45, 2.75) is 20.3 Å². The number of amides is 2. The smallest absolute Gasteiger partial charge is 0.270 e. The van der Waals surface area contributed by atoms with Crippen LogP contribution in [-0.4, -0.2) is 33.3 Å². The highest BCUT2D eigenvalue weighted by Gasteiger charge is 2.13. The summed E-state index contributed by atoms with van der Waals surface area (Å²) in [4.78, 5) is 36.7. The van der Waals surface area contributed by atoms with Crippen LogP contribution in [0, 0.1) is 13.8 Å². The van der Waals surface area contributed by atoms with Crippen LogP contribution < -0.4 is 10.6 Å². The molecule has 0 radical (unpaired) electrons. The minimum atomic E-state index is -0.326. The van der Waals surface area contributed by atoms with Crippen LogP contribution in [0.25, 0.3) is 10.8 Å². The van der Waals surface area contributed by atoms with Crippen molar-refractivity contribution in [2.75, 3.05) is 11.9 Å². The third kappa shape index (κ3) is 4.95. The van der Waals surface area contributed by atoms with Gasteiger partial charge in [0.2, 0.25) is 5.91 Å². The van der Waals surface area contributed by atoms with Crippen molar-refractivity contribution in [1.29, 1.82) is 0 Å². The van der Waals surface area contributed by atoms with Gasteiger partial charge in [0, 0.05) is 36.4 Å². The highest BCUT2D eigenvalue weighted by Crippen LogP contribution is 2.19. The lowest BCUT2D eigenvalue weighted by molar-refractivity contribution is -0.116. The Morgan fingerprint density at radius 2 is 1.93 bits per heavy atom. The first-order valence-electron chi connectivity index (χ1n) is 8.41. The lowest BCUT2D eigenvalue weighted by Crippen LogP contribution is -2.28. The molecule has 138 valence electrons. The summed E-state index contributed by atoms with van der Waals surface area (Å²) in [5, 5.41) is 7.79. The van der Waals surface area contributed by atoms with E-state index in [0.717, 1.165) is 16.8 Å². The molecule has 2 amide bonds. The van der Waals surface area contributed by atoms with Crippen molar-refractivity contribution in [1.82, 2.24) is 20.3 Å². The van der Waals surface area contributed by atoms with E-state index in [1.165, 1.54) is 11.3 Å². The number of nitrogens with one attached hydrogen (secondary N) is 2. The molecule has 3 aromatic rings. The van der Waals surface area contributed by atoms with E-state index >= 15 is 0 Å². The van der Waals surface area contributed by atoms with Gasteiger partial charge in [0.1, 0.15) is 5.69 Å². The Labute approximate surface area is 160 Å². The van der Waals surface area contributed by atoms with Crippen LogP contribution in [0.2, 0.25) is 0 Å². The van der Waals surface area contributed by atoms with Gasteiger partial charge in [-0.25, -0.2) is 15.0 Å². The molecule has 0 fully saturated rings. The zero-order valence-corrected chi connectivity index (χ0v) is 15.8. The third-order valence-corrected chi connectivity index (χ3v) is 4.63. The number of carbonyl (C=O) groups excluding carboxylic acids is 2. The first-order valence-corrected chi connectivity index (χ1v) is 9.29. The molecule has 0 aliphatic rings. The van der Waals surface area contributed by atoms with Crippen LogP contribution in [0.1, 0.15) is 28.0 Å². The average molecular weight is 381 g/mol. The number of nitrogens with zero attached hydrogens (tertiary/aromatic N) is 3. The number of aryl methyl sites for hydroxylation is 2. The maximum absolute atomic E-state index is 12.2. The molecule has 0 saturated heterocycles. The Kier molecular flexibility index (Phi) is 5.87. The van der Waals surface area contributed by atoms with Crippen LogP contribution in [0.3, 0.4) is 0 Å². The lowest BCUT2D eigenvalue weighted by atomic mass is 10.1. The van der Waals surface area contributed by atoms with Crippen LogP contribution in [-0.2, 0) is 4.79 Å². The third-order valence-electron chi connectivity index (χ3n) is 3.79. The number of hydrogen-bond acceptors (Lipinski definition) is 6. The Morgan fingerprint density at radius 1 is 1.15 bits per heavy atom. The minimum absolute atomic E-state index is 0.154. The van der Waals surface area contributed by atoms with E-state index in [9.17, 15) is 9.59 Å². The number of rotatable bonds is 6. The highest BCUT2D eigenvalue weighted by molar-refractivity contribution is 7.13. The molecule has 0 saturated carbocycles. The number of thiazole rings is 1. The van der Waals surface area contributed by atoms with Gasteiger partial charge in [0.15, 0.2) is 10.8 Å². The van der Waals surface area contributed by atoms with Gasteiger partial charge in [-0.15, -0.1) is 11.3 Å². The summed E-state index contributed by atoms with van der Waals surface area (Å²) in [6.45, 7) is 4.17. The summed E-state index contributed by atoms with van der Waals surface area (Å²) in [6.07, 6.45) is 3.42. The highest BCUT2D eigenvalue weighted by atomic mass is 32.1. The quantitative estimate of drug-likeness (QED) is 0.684. The Balaban J connectivity index is 1.49. The number of hydrogen-bond donors (Lipinski definition) is 2. The molecule has 0 aliphatic heterocycles. The minimum Gasteiger partial charge on any atom is -0.350 e. The maximum Gasteiger partial charge on any atom is 0.270 e. The number of anilines is 1. The zero-order chi connectivity index (χ0) is 19.2. The summed E-state index contributed by atoms with van der Waals surface area (Å²) in [5.74, 6) is 0.000971. The molecule has 0 atom stereocenters. The topological polar surface area (TPSA) is 96.9 Å². The zero-order valence-electron chi connectivity index (χ0n) is 15.0. The molecular weight excluding hydrogens is 362 g/mol. The molecule has 0 spiro atoms. The van der Waals surface area contributed by atoms with Crippen LogP contribution in [0.15, 0.2) is 42.0 Å². The molecule has 2 heterocycles. The van der Waals surface area contributed by atoms with E-state index in [-0.39, 0.29) is 30.5 Å². The van der Waals surface area contributed by atoms with Gasteiger partial charge < -0.3 is 10.6 Å². The normalized spacial score (nSPS) is 10.4. The van der Waals surface area contributed by atoms with Crippen molar-refractivity contribution in [2.24, 2.45) is 0 Å². The molecule has 2 N–H and O–H groups in total. The molecule has 2 aromatic heterocycles. The largest absolute Gasteiger partial charge is 0.350 e. The number of benzene rings is 1. The molecule has 0 bridgehead atoms. The summed E-state index contributed by atoms with van der Waals surface area (Å²) in [7, 11) is 0. The molecular formula is C19H19N5O2S. The number of aromatic nitrogens is 3. The fourth-order valence-corrected chi connectivity index (χ4v) is 3.18. The van der Waals surface area contributed by atoms with Gasteiger partial charge >= 0.3 is 0 Å². The molecule has 7 nitrogen and oxygen atoms in total. The van der Waals surface area contributed by atoms with E-state index in [2.05, 4.69) is 25.6 Å². The SMILES string of the molecule is Cc1ccc(NC(=O)CCNC(=O)c2csc(-c3ncccn3)n2)c(C)c1. The molecule has 1 aromatic carbocycles. The summed E-state index contributed by atoms with van der Waals surface area (Å²) in [5.41, 5.74) is 3.22. The Hall–Kier alpha value is -3.13. The van der Waals surface area contributed by atoms with E-state index in [1.54, 1.807) is 23.8 Å². The molecule has 0 unspecified atom stereocenters. The Morgan fingerprint density at radius 3 is 2.67 bits per heavy atom. The van der Waals surface area contributed by atoms with E-state index in [4.69, 9.17) is 0 Å². The average Bonchev–Trinajstić information content (AvgIpc) is 3.15. The second-order valence-electron chi connectivity index (χ2n) is 5.98. The van der Waals surface area contributed by atoms with Gasteiger partial charge in [-0.05, 0) is 31.5 Å². The van der Waals surface area contributed by atoms with Gasteiger partial charge in [-0.1, -0.05) is 17.7 Å². The first-order chi connectivity index (χ1) is 13.0. The Bertz CT molecular complexity index is 956. The fourth-order valence-electron chi connectivity index (χ4n) is 2.44. The van der Waals surface area contributed by atoms with Crippen LogP contribution >= 0.6 is 11.3 Å². The van der Waals surface area contributed by atoms with Crippen LogP contribution in [0.5, 0.6) is 0 Å². The van der Waals surface area contributed by atoms with Crippen molar-refractivity contribution in [3.63, 3.8) is 0 Å². The molecule has 8 heteroatoms. The van der Waals surface area contributed by atoms with E-state index in [1.807, 2.05) is 32.0 Å². The van der Waals surface area contributed by atoms with Gasteiger partial charge in [0.05, 0.1) is 0 Å². The maximum atomic E-state index is 12.2. The molecule has 3 rings (SSSR count). The summed E-state index contributed by atoms with van der Waals surface area (Å²) in [6, 6.07) is 7.55. The molecule has 0 aliphatic carbocycles. The van der Waals surface area contributed by atoms with E-state index < -0.39 is 0 Å². The predicted octanol–water partition coefficient (Wildman–Crippen LogP) is 2.98. The van der Waals surface area contributed by atoms with Crippen molar-refractivity contribution >= 4 is 28.8 Å². The van der Waals surface area contributed by atoms with Crippen molar-refractivity contribution < 1.29 is 9.59 Å². The monoisotopic (exact) mass is 381 g/mol. The van der Waals surface area contributed by atoms with Crippen molar-refractivity contribution in [3.05, 3.63) is 58.9 Å². The number of carbonyl (C=O) groups is 2. The second-order valence-corrected chi connectivity index (χ2v) is 6.84. The fraction of sp³-hybridized carbons (Fsp3) is 0.211. The standard InChI is InChI=1S/C19H19N5O2S/c1-12-4-5-14(13(2)10-12)23-16(25)6-9-22-18(26)15-11-27-19(24-15)17-20-7-3-8-21-17/h3-5,7-8,10-11H,6,9H2,1-2H3,(H,22,26)(H,23,25). The van der Waals surface area contributed by atoms with E-state index in [0.29, 0.717) is 10.8 Å². The summed E-state index contributed by atoms with van der Waals surface area (Å²) < 4.78 is 0. The van der Waals surface area contributed by atoms with Gasteiger partial charge in [-0.2, -0.15) is 0 Å². The van der Waals surface area contributed by atoms with Crippen LogP contribution in [0.4, 0.5) is 5.69 Å². The van der Waals surface area contributed by atoms with Crippen molar-refractivity contribution in [3.8, 4) is 10.8 Å². The van der Waals surface area contributed by atoms with Gasteiger partial charge in [0.25, 0.3) is 5.91 Å². The summed E-state index contributed by atoms with van der Waals surface area (Å²) >= 11 is 1.30. The lowest BCUT2D eigenvalue weighted by Gasteiger charge is -2.09. The second kappa shape index (κ2) is 8.50. The molecule has 27 heavy (non-hydrogen) atoms. The first kappa shape index (κ1) is 18.7.